The van der Waals surface area contributed by atoms with Gasteiger partial charge in [-0.05, 0) is 42.6 Å². The van der Waals surface area contributed by atoms with Gasteiger partial charge in [0.2, 0.25) is 0 Å². The van der Waals surface area contributed by atoms with Crippen molar-refractivity contribution in [1.82, 2.24) is 5.32 Å². The molecule has 2 rings (SSSR count). The maximum absolute atomic E-state index is 13.7. The summed E-state index contributed by atoms with van der Waals surface area (Å²) in [4.78, 5) is 1.18. The lowest BCUT2D eigenvalue weighted by molar-refractivity contribution is 0.402. The molecule has 0 amide bonds. The van der Waals surface area contributed by atoms with Crippen LogP contribution < -0.4 is 10.1 Å². The lowest BCUT2D eigenvalue weighted by Gasteiger charge is -2.23. The van der Waals surface area contributed by atoms with Gasteiger partial charge in [0.25, 0.3) is 0 Å². The zero-order valence-electron chi connectivity index (χ0n) is 12.5. The summed E-state index contributed by atoms with van der Waals surface area (Å²) in [5.74, 6) is 0.439. The minimum atomic E-state index is -0.254. The summed E-state index contributed by atoms with van der Waals surface area (Å²) >= 11 is 1.69. The van der Waals surface area contributed by atoms with Crippen molar-refractivity contribution in [3.8, 4) is 5.75 Å². The van der Waals surface area contributed by atoms with E-state index in [0.717, 1.165) is 17.7 Å². The van der Waals surface area contributed by atoms with E-state index in [1.54, 1.807) is 31.0 Å². The zero-order chi connectivity index (χ0) is 15.2. The highest BCUT2D eigenvalue weighted by molar-refractivity contribution is 7.98. The molecule has 0 saturated heterocycles. The summed E-state index contributed by atoms with van der Waals surface area (Å²) in [6.07, 6.45) is 2.05. The first-order valence-corrected chi connectivity index (χ1v) is 8.13. The summed E-state index contributed by atoms with van der Waals surface area (Å²) < 4.78 is 19.1. The van der Waals surface area contributed by atoms with Gasteiger partial charge in [0.15, 0.2) is 0 Å². The normalized spacial score (nSPS) is 12.2. The molecule has 2 aromatic rings. The fourth-order valence-electron chi connectivity index (χ4n) is 2.43. The largest absolute Gasteiger partial charge is 0.496 e. The van der Waals surface area contributed by atoms with Gasteiger partial charge in [-0.2, -0.15) is 0 Å². The van der Waals surface area contributed by atoms with Crippen LogP contribution in [0.4, 0.5) is 4.39 Å². The van der Waals surface area contributed by atoms with Crippen molar-refractivity contribution >= 4 is 11.8 Å². The minimum Gasteiger partial charge on any atom is -0.496 e. The van der Waals surface area contributed by atoms with Crippen LogP contribution in [0.5, 0.6) is 5.75 Å². The number of thioether (sulfide) groups is 1. The molecule has 1 atom stereocenters. The van der Waals surface area contributed by atoms with Crippen LogP contribution in [0.2, 0.25) is 0 Å². The average molecular weight is 305 g/mol. The van der Waals surface area contributed by atoms with Crippen LogP contribution >= 0.6 is 11.8 Å². The molecule has 21 heavy (non-hydrogen) atoms. The third-order valence-corrected chi connectivity index (χ3v) is 4.17. The van der Waals surface area contributed by atoms with E-state index in [1.807, 2.05) is 25.3 Å². The maximum atomic E-state index is 13.7. The van der Waals surface area contributed by atoms with Crippen molar-refractivity contribution < 1.29 is 9.13 Å². The third-order valence-electron chi connectivity index (χ3n) is 3.36. The summed E-state index contributed by atoms with van der Waals surface area (Å²) in [5.41, 5.74) is 1.96. The number of hydrogen-bond donors (Lipinski definition) is 1. The first-order valence-electron chi connectivity index (χ1n) is 6.91. The molecule has 4 heteroatoms. The van der Waals surface area contributed by atoms with Crippen LogP contribution in [0.3, 0.4) is 0 Å². The van der Waals surface area contributed by atoms with Crippen LogP contribution in [0.15, 0.2) is 47.4 Å². The van der Waals surface area contributed by atoms with Gasteiger partial charge in [0.1, 0.15) is 11.6 Å². The van der Waals surface area contributed by atoms with Crippen LogP contribution in [0.1, 0.15) is 24.1 Å². The number of methoxy groups -OCH3 is 1. The first-order chi connectivity index (χ1) is 10.2. The van der Waals surface area contributed by atoms with Crippen LogP contribution in [0, 0.1) is 5.82 Å². The molecule has 2 aromatic carbocycles. The Hall–Kier alpha value is -1.52. The number of nitrogens with one attached hydrogen (secondary N) is 1. The molecule has 112 valence electrons. The molecular formula is C17H20FNOS. The predicted octanol–water partition coefficient (Wildman–Crippen LogP) is 4.26. The Kier molecular flexibility index (Phi) is 5.65. The molecule has 0 fully saturated rings. The average Bonchev–Trinajstić information content (AvgIpc) is 2.52. The molecule has 0 bridgehead atoms. The van der Waals surface area contributed by atoms with Crippen molar-refractivity contribution in [2.24, 2.45) is 0 Å². The topological polar surface area (TPSA) is 21.3 Å². The lowest BCUT2D eigenvalue weighted by atomic mass is 9.97. The molecule has 1 unspecified atom stereocenters. The molecule has 0 aromatic heterocycles. The van der Waals surface area contributed by atoms with Crippen molar-refractivity contribution in [2.45, 2.75) is 17.9 Å². The fraction of sp³-hybridized carbons (Fsp3) is 0.294. The predicted molar refractivity (Wildman–Crippen MR) is 86.7 cm³/mol. The molecule has 0 spiro atoms. The van der Waals surface area contributed by atoms with E-state index in [4.69, 9.17) is 4.74 Å². The molecular weight excluding hydrogens is 285 g/mol. The molecule has 0 radical (unpaired) electrons. The SMILES string of the molecule is CCNC(c1cc(F)ccc1OC)c1ccccc1SC. The van der Waals surface area contributed by atoms with E-state index in [-0.39, 0.29) is 11.9 Å². The van der Waals surface area contributed by atoms with Gasteiger partial charge < -0.3 is 10.1 Å². The highest BCUT2D eigenvalue weighted by atomic mass is 32.2. The van der Waals surface area contributed by atoms with E-state index in [2.05, 4.69) is 17.4 Å². The summed E-state index contributed by atoms with van der Waals surface area (Å²) in [5, 5.41) is 3.43. The van der Waals surface area contributed by atoms with Crippen molar-refractivity contribution in [3.63, 3.8) is 0 Å². The summed E-state index contributed by atoms with van der Waals surface area (Å²) in [7, 11) is 1.61. The number of halogens is 1. The number of ether oxygens (including phenoxy) is 1. The maximum Gasteiger partial charge on any atom is 0.124 e. The Balaban J connectivity index is 2.55. The lowest BCUT2D eigenvalue weighted by Crippen LogP contribution is -2.23. The van der Waals surface area contributed by atoms with E-state index >= 15 is 0 Å². The summed E-state index contributed by atoms with van der Waals surface area (Å²) in [6, 6.07) is 12.7. The highest BCUT2D eigenvalue weighted by Crippen LogP contribution is 2.35. The Labute approximate surface area is 129 Å². The smallest absolute Gasteiger partial charge is 0.124 e. The zero-order valence-corrected chi connectivity index (χ0v) is 13.3. The third kappa shape index (κ3) is 3.57. The molecule has 1 N–H and O–H groups in total. The van der Waals surface area contributed by atoms with Crippen LogP contribution in [-0.4, -0.2) is 19.9 Å². The van der Waals surface area contributed by atoms with E-state index < -0.39 is 0 Å². The molecule has 0 saturated carbocycles. The van der Waals surface area contributed by atoms with Crippen molar-refractivity contribution in [2.75, 3.05) is 19.9 Å². The molecule has 0 heterocycles. The second-order valence-corrected chi connectivity index (χ2v) is 5.47. The van der Waals surface area contributed by atoms with Gasteiger partial charge in [-0.1, -0.05) is 25.1 Å². The quantitative estimate of drug-likeness (QED) is 0.806. The Morgan fingerprint density at radius 3 is 2.62 bits per heavy atom. The second kappa shape index (κ2) is 7.48. The van der Waals surface area contributed by atoms with Gasteiger partial charge in [-0.15, -0.1) is 11.8 Å². The molecule has 2 nitrogen and oxygen atoms in total. The number of hydrogen-bond acceptors (Lipinski definition) is 3. The Morgan fingerprint density at radius 1 is 1.19 bits per heavy atom. The Morgan fingerprint density at radius 2 is 1.95 bits per heavy atom. The Bertz CT molecular complexity index is 603. The van der Waals surface area contributed by atoms with Gasteiger partial charge in [0, 0.05) is 10.5 Å². The van der Waals surface area contributed by atoms with Crippen molar-refractivity contribution in [3.05, 3.63) is 59.4 Å². The molecule has 0 aliphatic carbocycles. The molecule has 0 aliphatic heterocycles. The van der Waals surface area contributed by atoms with Gasteiger partial charge in [-0.3, -0.25) is 0 Å². The standard InChI is InChI=1S/C17H20FNOS/c1-4-19-17(13-7-5-6-8-16(13)21-3)14-11-12(18)9-10-15(14)20-2/h5-11,17,19H,4H2,1-3H3. The van der Waals surface area contributed by atoms with Gasteiger partial charge in [-0.25, -0.2) is 4.39 Å². The first kappa shape index (κ1) is 15.9. The van der Waals surface area contributed by atoms with Gasteiger partial charge in [0.05, 0.1) is 13.2 Å². The number of rotatable bonds is 6. The summed E-state index contributed by atoms with van der Waals surface area (Å²) in [6.45, 7) is 2.83. The molecule has 0 aliphatic rings. The van der Waals surface area contributed by atoms with E-state index in [1.165, 1.54) is 11.0 Å². The van der Waals surface area contributed by atoms with Gasteiger partial charge >= 0.3 is 0 Å². The monoisotopic (exact) mass is 305 g/mol. The van der Waals surface area contributed by atoms with Crippen LogP contribution in [0.25, 0.3) is 0 Å². The fourth-order valence-corrected chi connectivity index (χ4v) is 3.06. The van der Waals surface area contributed by atoms with Crippen molar-refractivity contribution in [1.29, 1.82) is 0 Å². The minimum absolute atomic E-state index is 0.0932. The van der Waals surface area contributed by atoms with E-state index in [0.29, 0.717) is 5.75 Å². The van der Waals surface area contributed by atoms with E-state index in [9.17, 15) is 4.39 Å². The highest BCUT2D eigenvalue weighted by Gasteiger charge is 2.20. The number of benzene rings is 2. The van der Waals surface area contributed by atoms with Crippen LogP contribution in [-0.2, 0) is 0 Å². The second-order valence-electron chi connectivity index (χ2n) is 4.62.